The predicted octanol–water partition coefficient (Wildman–Crippen LogP) is -0.812. The van der Waals surface area contributed by atoms with Crippen LogP contribution in [0.1, 0.15) is 12.1 Å². The smallest absolute Gasteiger partial charge is 0.211 e. The van der Waals surface area contributed by atoms with Gasteiger partial charge in [0, 0.05) is 13.2 Å². The van der Waals surface area contributed by atoms with E-state index in [2.05, 4.69) is 9.82 Å². The lowest BCUT2D eigenvalue weighted by atomic mass is 10.4. The highest BCUT2D eigenvalue weighted by Crippen LogP contribution is 1.96. The summed E-state index contributed by atoms with van der Waals surface area (Å²) in [6.45, 7) is 0.609. The minimum Gasteiger partial charge on any atom is -0.330 e. The molecule has 15 heavy (non-hydrogen) atoms. The van der Waals surface area contributed by atoms with Gasteiger partial charge in [-0.15, -0.1) is 0 Å². The lowest BCUT2D eigenvalue weighted by molar-refractivity contribution is 0.577. The molecule has 0 amide bonds. The molecule has 0 aliphatic carbocycles. The lowest BCUT2D eigenvalue weighted by Gasteiger charge is -2.03. The fourth-order valence-corrected chi connectivity index (χ4v) is 2.15. The van der Waals surface area contributed by atoms with Crippen molar-refractivity contribution in [3.05, 3.63) is 18.0 Å². The van der Waals surface area contributed by atoms with Gasteiger partial charge in [0.05, 0.1) is 18.0 Å². The first-order valence-corrected chi connectivity index (χ1v) is 6.34. The van der Waals surface area contributed by atoms with Crippen molar-refractivity contribution in [1.82, 2.24) is 14.5 Å². The van der Waals surface area contributed by atoms with Crippen LogP contribution in [0.25, 0.3) is 0 Å². The Morgan fingerprint density at radius 3 is 2.87 bits per heavy atom. The van der Waals surface area contributed by atoms with Crippen LogP contribution in [0.2, 0.25) is 0 Å². The monoisotopic (exact) mass is 232 g/mol. The van der Waals surface area contributed by atoms with Crippen LogP contribution in [0.5, 0.6) is 0 Å². The van der Waals surface area contributed by atoms with E-state index in [0.29, 0.717) is 18.7 Å². The largest absolute Gasteiger partial charge is 0.330 e. The molecule has 0 fully saturated rings. The summed E-state index contributed by atoms with van der Waals surface area (Å²) < 4.78 is 26.8. The number of sulfonamides is 1. The van der Waals surface area contributed by atoms with Crippen molar-refractivity contribution < 1.29 is 8.42 Å². The summed E-state index contributed by atoms with van der Waals surface area (Å²) in [4.78, 5) is 0. The van der Waals surface area contributed by atoms with Crippen LogP contribution in [-0.4, -0.2) is 30.5 Å². The minimum absolute atomic E-state index is 0.0658. The number of aryl methyl sites for hydroxylation is 1. The summed E-state index contributed by atoms with van der Waals surface area (Å²) in [7, 11) is -1.43. The van der Waals surface area contributed by atoms with Crippen molar-refractivity contribution in [2.45, 2.75) is 13.0 Å². The van der Waals surface area contributed by atoms with Crippen molar-refractivity contribution in [3.8, 4) is 0 Å². The van der Waals surface area contributed by atoms with E-state index in [1.807, 2.05) is 0 Å². The summed E-state index contributed by atoms with van der Waals surface area (Å²) in [5, 5.41) is 4.06. The van der Waals surface area contributed by atoms with Gasteiger partial charge in [-0.2, -0.15) is 5.10 Å². The van der Waals surface area contributed by atoms with Gasteiger partial charge in [0.2, 0.25) is 10.0 Å². The zero-order chi connectivity index (χ0) is 11.3. The molecule has 0 unspecified atom stereocenters. The molecule has 0 bridgehead atoms. The Balaban J connectivity index is 2.42. The van der Waals surface area contributed by atoms with Crippen LogP contribution < -0.4 is 10.5 Å². The zero-order valence-electron chi connectivity index (χ0n) is 8.68. The second-order valence-corrected chi connectivity index (χ2v) is 5.19. The van der Waals surface area contributed by atoms with Gasteiger partial charge in [-0.1, -0.05) is 0 Å². The molecule has 1 heterocycles. The molecule has 7 heteroatoms. The Morgan fingerprint density at radius 2 is 2.33 bits per heavy atom. The summed E-state index contributed by atoms with van der Waals surface area (Å²) in [5.74, 6) is 0.0658. The van der Waals surface area contributed by atoms with E-state index in [0.717, 1.165) is 0 Å². The van der Waals surface area contributed by atoms with Crippen molar-refractivity contribution in [1.29, 1.82) is 0 Å². The number of rotatable bonds is 6. The number of nitrogens with one attached hydrogen (secondary N) is 1. The molecule has 0 radical (unpaired) electrons. The van der Waals surface area contributed by atoms with Crippen molar-refractivity contribution >= 4 is 10.0 Å². The highest BCUT2D eigenvalue weighted by atomic mass is 32.2. The Hall–Kier alpha value is -0.920. The summed E-state index contributed by atoms with van der Waals surface area (Å²) in [6.07, 6.45) is 2.24. The van der Waals surface area contributed by atoms with Crippen LogP contribution in [-0.2, 0) is 23.6 Å². The molecule has 1 aromatic heterocycles. The molecule has 0 spiro atoms. The van der Waals surface area contributed by atoms with Gasteiger partial charge in [0.15, 0.2) is 0 Å². The van der Waals surface area contributed by atoms with E-state index in [1.165, 1.54) is 0 Å². The van der Waals surface area contributed by atoms with Crippen LogP contribution in [0.3, 0.4) is 0 Å². The maximum Gasteiger partial charge on any atom is 0.211 e. The third-order valence-electron chi connectivity index (χ3n) is 1.86. The Kier molecular flexibility index (Phi) is 4.25. The summed E-state index contributed by atoms with van der Waals surface area (Å²) in [6, 6.07) is 1.77. The molecule has 6 nitrogen and oxygen atoms in total. The van der Waals surface area contributed by atoms with Crippen LogP contribution in [0.15, 0.2) is 12.3 Å². The highest BCUT2D eigenvalue weighted by molar-refractivity contribution is 7.89. The topological polar surface area (TPSA) is 90.0 Å². The molecular formula is C8H16N4O2S. The first kappa shape index (κ1) is 12.2. The van der Waals surface area contributed by atoms with Gasteiger partial charge in [-0.05, 0) is 19.0 Å². The molecule has 3 N–H and O–H groups in total. The second-order valence-electron chi connectivity index (χ2n) is 3.26. The minimum atomic E-state index is -3.21. The number of hydrogen-bond donors (Lipinski definition) is 2. The Morgan fingerprint density at radius 1 is 1.60 bits per heavy atom. The number of nitrogens with zero attached hydrogens (tertiary/aromatic N) is 2. The normalized spacial score (nSPS) is 11.9. The average Bonchev–Trinajstić information content (AvgIpc) is 2.59. The molecular weight excluding hydrogens is 216 g/mol. The molecule has 0 saturated heterocycles. The van der Waals surface area contributed by atoms with E-state index in [9.17, 15) is 8.42 Å². The van der Waals surface area contributed by atoms with Crippen molar-refractivity contribution in [2.75, 3.05) is 12.3 Å². The molecule has 1 aromatic rings. The first-order chi connectivity index (χ1) is 7.03. The standard InChI is InChI=1S/C8H16N4O2S/c1-12-5-3-8(11-12)7-10-15(13,14)6-2-4-9/h3,5,10H,2,4,6-7,9H2,1H3. The van der Waals surface area contributed by atoms with Gasteiger partial charge in [0.1, 0.15) is 0 Å². The molecule has 0 atom stereocenters. The van der Waals surface area contributed by atoms with Crippen molar-refractivity contribution in [3.63, 3.8) is 0 Å². The Labute approximate surface area is 89.5 Å². The molecule has 0 aliphatic heterocycles. The zero-order valence-corrected chi connectivity index (χ0v) is 9.50. The van der Waals surface area contributed by atoms with Gasteiger partial charge in [-0.25, -0.2) is 13.1 Å². The predicted molar refractivity (Wildman–Crippen MR) is 57.5 cm³/mol. The van der Waals surface area contributed by atoms with Gasteiger partial charge < -0.3 is 5.73 Å². The van der Waals surface area contributed by atoms with Gasteiger partial charge in [0.25, 0.3) is 0 Å². The maximum absolute atomic E-state index is 11.4. The van der Waals surface area contributed by atoms with Gasteiger partial charge >= 0.3 is 0 Å². The molecule has 0 saturated carbocycles. The van der Waals surface area contributed by atoms with E-state index >= 15 is 0 Å². The third-order valence-corrected chi connectivity index (χ3v) is 3.27. The SMILES string of the molecule is Cn1ccc(CNS(=O)(=O)CCCN)n1. The number of nitrogens with two attached hydrogens (primary N) is 1. The fourth-order valence-electron chi connectivity index (χ4n) is 1.09. The lowest BCUT2D eigenvalue weighted by Crippen LogP contribution is -2.27. The van der Waals surface area contributed by atoms with Gasteiger partial charge in [-0.3, -0.25) is 4.68 Å². The summed E-state index contributed by atoms with van der Waals surface area (Å²) >= 11 is 0. The van der Waals surface area contributed by atoms with Crippen molar-refractivity contribution in [2.24, 2.45) is 12.8 Å². The Bertz CT molecular complexity index is 399. The average molecular weight is 232 g/mol. The molecule has 0 aromatic carbocycles. The van der Waals surface area contributed by atoms with Crippen LogP contribution in [0.4, 0.5) is 0 Å². The first-order valence-electron chi connectivity index (χ1n) is 4.69. The van der Waals surface area contributed by atoms with E-state index in [1.54, 1.807) is 24.0 Å². The fraction of sp³-hybridized carbons (Fsp3) is 0.625. The number of aromatic nitrogens is 2. The van der Waals surface area contributed by atoms with Crippen LogP contribution >= 0.6 is 0 Å². The highest BCUT2D eigenvalue weighted by Gasteiger charge is 2.09. The molecule has 86 valence electrons. The quantitative estimate of drug-likeness (QED) is 0.671. The number of hydrogen-bond acceptors (Lipinski definition) is 4. The second kappa shape index (κ2) is 5.24. The molecule has 0 aliphatic rings. The maximum atomic E-state index is 11.4. The molecule has 1 rings (SSSR count). The van der Waals surface area contributed by atoms with E-state index in [4.69, 9.17) is 5.73 Å². The third kappa shape index (κ3) is 4.41. The van der Waals surface area contributed by atoms with E-state index in [-0.39, 0.29) is 12.3 Å². The van der Waals surface area contributed by atoms with Crippen LogP contribution in [0, 0.1) is 0 Å². The van der Waals surface area contributed by atoms with E-state index < -0.39 is 10.0 Å². The summed E-state index contributed by atoms with van der Waals surface area (Å²) in [5.41, 5.74) is 5.94.